The van der Waals surface area contributed by atoms with Gasteiger partial charge in [-0.2, -0.15) is 4.98 Å². The monoisotopic (exact) mass is 293 g/mol. The van der Waals surface area contributed by atoms with E-state index in [4.69, 9.17) is 0 Å². The highest BCUT2D eigenvalue weighted by Gasteiger charge is 2.23. The Morgan fingerprint density at radius 3 is 2.67 bits per heavy atom. The molecule has 0 saturated heterocycles. The highest BCUT2D eigenvalue weighted by Crippen LogP contribution is 2.33. The molecule has 0 spiro atoms. The van der Waals surface area contributed by atoms with E-state index in [1.807, 2.05) is 6.92 Å². The van der Waals surface area contributed by atoms with E-state index in [1.165, 1.54) is 19.3 Å². The fraction of sp³-hybridized carbons (Fsp3) is 0.714. The molecule has 0 aromatic carbocycles. The van der Waals surface area contributed by atoms with Gasteiger partial charge in [0, 0.05) is 13.1 Å². The van der Waals surface area contributed by atoms with Gasteiger partial charge in [-0.25, -0.2) is 4.98 Å². The maximum atomic E-state index is 11.2. The van der Waals surface area contributed by atoms with Crippen LogP contribution in [0.5, 0.6) is 0 Å². The number of rotatable bonds is 9. The maximum Gasteiger partial charge on any atom is 0.332 e. The van der Waals surface area contributed by atoms with Crippen molar-refractivity contribution in [3.05, 3.63) is 15.8 Å². The highest BCUT2D eigenvalue weighted by atomic mass is 16.6. The van der Waals surface area contributed by atoms with Gasteiger partial charge in [0.15, 0.2) is 0 Å². The minimum atomic E-state index is -0.415. The Morgan fingerprint density at radius 2 is 2.05 bits per heavy atom. The van der Waals surface area contributed by atoms with Crippen LogP contribution >= 0.6 is 0 Å². The van der Waals surface area contributed by atoms with Gasteiger partial charge in [-0.15, -0.1) is 0 Å². The van der Waals surface area contributed by atoms with Crippen molar-refractivity contribution in [1.29, 1.82) is 0 Å². The van der Waals surface area contributed by atoms with Crippen LogP contribution in [0, 0.1) is 23.0 Å². The van der Waals surface area contributed by atoms with Crippen LogP contribution in [0.2, 0.25) is 0 Å². The van der Waals surface area contributed by atoms with Crippen molar-refractivity contribution in [2.75, 3.05) is 23.7 Å². The van der Waals surface area contributed by atoms with Crippen LogP contribution in [-0.2, 0) is 0 Å². The molecule has 0 aliphatic heterocycles. The van der Waals surface area contributed by atoms with Crippen LogP contribution < -0.4 is 10.6 Å². The van der Waals surface area contributed by atoms with Gasteiger partial charge in [0.1, 0.15) is 5.69 Å². The molecule has 2 rings (SSSR count). The number of nitrogens with one attached hydrogen (secondary N) is 2. The summed E-state index contributed by atoms with van der Waals surface area (Å²) in [4.78, 5) is 19.2. The van der Waals surface area contributed by atoms with Crippen molar-refractivity contribution in [3.8, 4) is 0 Å². The van der Waals surface area contributed by atoms with E-state index >= 15 is 0 Å². The molecule has 0 bridgehead atoms. The second-order valence-corrected chi connectivity index (χ2v) is 5.53. The summed E-state index contributed by atoms with van der Waals surface area (Å²) in [5, 5.41) is 17.4. The van der Waals surface area contributed by atoms with E-state index < -0.39 is 4.92 Å². The summed E-state index contributed by atoms with van der Waals surface area (Å²) in [5.41, 5.74) is 0.363. The molecule has 0 unspecified atom stereocenters. The van der Waals surface area contributed by atoms with Crippen LogP contribution in [0.4, 0.5) is 17.5 Å². The van der Waals surface area contributed by atoms with E-state index in [0.29, 0.717) is 24.0 Å². The quantitative estimate of drug-likeness (QED) is 0.413. The van der Waals surface area contributed by atoms with Gasteiger partial charge >= 0.3 is 5.69 Å². The summed E-state index contributed by atoms with van der Waals surface area (Å²) in [5.74, 6) is 1.64. The molecule has 0 radical (unpaired) electrons. The Morgan fingerprint density at radius 1 is 1.29 bits per heavy atom. The molecule has 1 fully saturated rings. The lowest BCUT2D eigenvalue weighted by Crippen LogP contribution is -2.12. The zero-order valence-electron chi connectivity index (χ0n) is 12.7. The molecule has 7 heteroatoms. The SMILES string of the molecule is CCCNc1nc(C)c([N+](=O)[O-])c(NCCCC2CC2)n1. The third kappa shape index (κ3) is 4.54. The van der Waals surface area contributed by atoms with Gasteiger partial charge < -0.3 is 10.6 Å². The molecule has 116 valence electrons. The Hall–Kier alpha value is -1.92. The first-order valence-electron chi connectivity index (χ1n) is 7.62. The number of aromatic nitrogens is 2. The van der Waals surface area contributed by atoms with Crippen LogP contribution in [-0.4, -0.2) is 28.0 Å². The number of aryl methyl sites for hydroxylation is 1. The zero-order chi connectivity index (χ0) is 15.2. The zero-order valence-corrected chi connectivity index (χ0v) is 12.7. The van der Waals surface area contributed by atoms with Gasteiger partial charge in [0.25, 0.3) is 0 Å². The molecule has 1 heterocycles. The molecule has 1 saturated carbocycles. The Labute approximate surface area is 124 Å². The van der Waals surface area contributed by atoms with E-state index in [1.54, 1.807) is 6.92 Å². The van der Waals surface area contributed by atoms with Crippen LogP contribution in [0.15, 0.2) is 0 Å². The molecule has 21 heavy (non-hydrogen) atoms. The highest BCUT2D eigenvalue weighted by molar-refractivity contribution is 5.60. The Kier molecular flexibility index (Phi) is 5.30. The van der Waals surface area contributed by atoms with Crippen molar-refractivity contribution >= 4 is 17.5 Å². The second-order valence-electron chi connectivity index (χ2n) is 5.53. The lowest BCUT2D eigenvalue weighted by Gasteiger charge is -2.10. The molecule has 0 amide bonds. The summed E-state index contributed by atoms with van der Waals surface area (Å²) in [7, 11) is 0. The van der Waals surface area contributed by atoms with E-state index in [-0.39, 0.29) is 5.69 Å². The number of hydrogen-bond donors (Lipinski definition) is 2. The predicted octanol–water partition coefficient (Wildman–Crippen LogP) is 3.12. The molecule has 0 atom stereocenters. The van der Waals surface area contributed by atoms with E-state index in [9.17, 15) is 10.1 Å². The van der Waals surface area contributed by atoms with Gasteiger partial charge in [-0.05, 0) is 32.1 Å². The average Bonchev–Trinajstić information content (AvgIpc) is 3.24. The fourth-order valence-electron chi connectivity index (χ4n) is 2.23. The van der Waals surface area contributed by atoms with Gasteiger partial charge in [-0.3, -0.25) is 10.1 Å². The van der Waals surface area contributed by atoms with Gasteiger partial charge in [0.05, 0.1) is 4.92 Å². The Balaban J connectivity index is 2.05. The minimum Gasteiger partial charge on any atom is -0.364 e. The van der Waals surface area contributed by atoms with Gasteiger partial charge in [0.2, 0.25) is 11.8 Å². The number of nitrogens with zero attached hydrogens (tertiary/aromatic N) is 3. The summed E-state index contributed by atoms with van der Waals surface area (Å²) in [6.45, 7) is 5.15. The predicted molar refractivity (Wildman–Crippen MR) is 82.7 cm³/mol. The van der Waals surface area contributed by atoms with Crippen molar-refractivity contribution in [1.82, 2.24) is 9.97 Å². The van der Waals surface area contributed by atoms with Crippen molar-refractivity contribution in [2.24, 2.45) is 5.92 Å². The first-order chi connectivity index (χ1) is 10.1. The molecule has 1 aliphatic carbocycles. The van der Waals surface area contributed by atoms with Crippen LogP contribution in [0.1, 0.15) is 44.7 Å². The normalized spacial score (nSPS) is 14.0. The second kappa shape index (κ2) is 7.19. The molecule has 1 aromatic rings. The first kappa shape index (κ1) is 15.5. The summed E-state index contributed by atoms with van der Waals surface area (Å²) in [6, 6.07) is 0. The summed E-state index contributed by atoms with van der Waals surface area (Å²) < 4.78 is 0. The van der Waals surface area contributed by atoms with Crippen molar-refractivity contribution in [3.63, 3.8) is 0 Å². The van der Waals surface area contributed by atoms with E-state index in [2.05, 4.69) is 20.6 Å². The fourth-order valence-corrected chi connectivity index (χ4v) is 2.23. The van der Waals surface area contributed by atoms with E-state index in [0.717, 1.165) is 25.3 Å². The maximum absolute atomic E-state index is 11.2. The molecular weight excluding hydrogens is 270 g/mol. The molecule has 7 nitrogen and oxygen atoms in total. The minimum absolute atomic E-state index is 0.0246. The van der Waals surface area contributed by atoms with Crippen LogP contribution in [0.25, 0.3) is 0 Å². The first-order valence-corrected chi connectivity index (χ1v) is 7.62. The largest absolute Gasteiger partial charge is 0.364 e. The number of hydrogen-bond acceptors (Lipinski definition) is 6. The topological polar surface area (TPSA) is 93.0 Å². The van der Waals surface area contributed by atoms with Crippen LogP contribution in [0.3, 0.4) is 0 Å². The third-order valence-corrected chi connectivity index (χ3v) is 3.55. The number of nitro groups is 1. The molecule has 2 N–H and O–H groups in total. The Bertz CT molecular complexity index is 502. The molecule has 1 aliphatic rings. The summed E-state index contributed by atoms with van der Waals surface area (Å²) in [6.07, 6.45) is 5.81. The molecular formula is C14H23N5O2. The smallest absolute Gasteiger partial charge is 0.332 e. The van der Waals surface area contributed by atoms with Gasteiger partial charge in [-0.1, -0.05) is 19.8 Å². The average molecular weight is 293 g/mol. The third-order valence-electron chi connectivity index (χ3n) is 3.55. The van der Waals surface area contributed by atoms with Crippen molar-refractivity contribution < 1.29 is 4.92 Å². The number of anilines is 2. The summed E-state index contributed by atoms with van der Waals surface area (Å²) >= 11 is 0. The lowest BCUT2D eigenvalue weighted by atomic mass is 10.2. The lowest BCUT2D eigenvalue weighted by molar-refractivity contribution is -0.385. The molecule has 1 aromatic heterocycles. The standard InChI is InChI=1S/C14H23N5O2/c1-3-8-16-14-17-10(2)12(19(20)21)13(18-14)15-9-4-5-11-6-7-11/h11H,3-9H2,1-2H3,(H2,15,16,17,18). The van der Waals surface area contributed by atoms with Crippen molar-refractivity contribution in [2.45, 2.75) is 46.0 Å².